The molecule has 0 saturated carbocycles. The quantitative estimate of drug-likeness (QED) is 0.469. The van der Waals surface area contributed by atoms with Crippen molar-refractivity contribution in [1.82, 2.24) is 9.80 Å². The molecule has 1 heterocycles. The van der Waals surface area contributed by atoms with E-state index in [1.807, 2.05) is 6.07 Å². The maximum Gasteiger partial charge on any atom is 0.271 e. The number of amides is 2. The van der Waals surface area contributed by atoms with Gasteiger partial charge in [-0.1, -0.05) is 0 Å². The van der Waals surface area contributed by atoms with Crippen LogP contribution in [0.5, 0.6) is 0 Å². The van der Waals surface area contributed by atoms with E-state index >= 15 is 0 Å². The highest BCUT2D eigenvalue weighted by molar-refractivity contribution is 6.17. The van der Waals surface area contributed by atoms with Crippen LogP contribution in [-0.2, 0) is 9.59 Å². The van der Waals surface area contributed by atoms with E-state index in [9.17, 15) is 9.59 Å². The van der Waals surface area contributed by atoms with Gasteiger partial charge in [-0.05, 0) is 12.5 Å². The first-order valence-corrected chi connectivity index (χ1v) is 4.72. The maximum atomic E-state index is 11.8. The Labute approximate surface area is 94.2 Å². The van der Waals surface area contributed by atoms with Gasteiger partial charge in [0.1, 0.15) is 11.6 Å². The molecule has 0 atom stereocenters. The summed E-state index contributed by atoms with van der Waals surface area (Å²) in [6, 6.07) is 1.83. The molecule has 0 aliphatic carbocycles. The second-order valence-corrected chi connectivity index (χ2v) is 3.79. The van der Waals surface area contributed by atoms with E-state index in [0.29, 0.717) is 11.1 Å². The number of nitrogens with zero attached hydrogens (tertiary/aromatic N) is 3. The summed E-state index contributed by atoms with van der Waals surface area (Å²) in [5.41, 5.74) is 0.836. The van der Waals surface area contributed by atoms with E-state index in [1.54, 1.807) is 32.1 Å². The molecule has 1 aliphatic rings. The van der Waals surface area contributed by atoms with Crippen molar-refractivity contribution in [2.24, 2.45) is 0 Å². The van der Waals surface area contributed by atoms with Crippen LogP contribution in [0.25, 0.3) is 0 Å². The van der Waals surface area contributed by atoms with Crippen molar-refractivity contribution in [1.29, 1.82) is 5.26 Å². The molecule has 0 aromatic rings. The third-order valence-electron chi connectivity index (χ3n) is 2.33. The summed E-state index contributed by atoms with van der Waals surface area (Å²) in [5.74, 6) is -0.920. The molecule has 0 bridgehead atoms. The SMILES string of the molecule is CC1=C(C#N)C(=O)N(C)C(=O)/C1=C/N(C)C. The van der Waals surface area contributed by atoms with Crippen LogP contribution in [0.2, 0.25) is 0 Å². The number of nitriles is 1. The number of hydrogen-bond donors (Lipinski definition) is 0. The van der Waals surface area contributed by atoms with Gasteiger partial charge in [0.05, 0.1) is 5.57 Å². The first kappa shape index (κ1) is 12.0. The van der Waals surface area contributed by atoms with Crippen molar-refractivity contribution < 1.29 is 9.59 Å². The Morgan fingerprint density at radius 2 is 1.88 bits per heavy atom. The first-order chi connectivity index (χ1) is 7.40. The molecule has 0 radical (unpaired) electrons. The van der Waals surface area contributed by atoms with Crippen LogP contribution in [0.15, 0.2) is 22.9 Å². The lowest BCUT2D eigenvalue weighted by atomic mass is 9.96. The predicted octanol–water partition coefficient (Wildman–Crippen LogP) is 0.271. The molecular formula is C11H13N3O2. The average molecular weight is 219 g/mol. The molecule has 0 fully saturated rings. The lowest BCUT2D eigenvalue weighted by Crippen LogP contribution is -2.40. The summed E-state index contributed by atoms with van der Waals surface area (Å²) in [7, 11) is 4.92. The van der Waals surface area contributed by atoms with Gasteiger partial charge < -0.3 is 4.90 Å². The molecule has 0 aromatic carbocycles. The van der Waals surface area contributed by atoms with Gasteiger partial charge in [-0.25, -0.2) is 0 Å². The van der Waals surface area contributed by atoms with Crippen LogP contribution in [-0.4, -0.2) is 42.8 Å². The topological polar surface area (TPSA) is 64.4 Å². The van der Waals surface area contributed by atoms with Gasteiger partial charge in [0.15, 0.2) is 0 Å². The molecule has 5 heteroatoms. The van der Waals surface area contributed by atoms with E-state index < -0.39 is 5.91 Å². The number of hydrogen-bond acceptors (Lipinski definition) is 4. The van der Waals surface area contributed by atoms with Gasteiger partial charge in [0.25, 0.3) is 11.8 Å². The minimum atomic E-state index is -0.541. The largest absolute Gasteiger partial charge is 0.383 e. The summed E-state index contributed by atoms with van der Waals surface area (Å²) >= 11 is 0. The van der Waals surface area contributed by atoms with E-state index in [0.717, 1.165) is 4.90 Å². The molecule has 0 unspecified atom stereocenters. The van der Waals surface area contributed by atoms with Crippen molar-refractivity contribution in [3.8, 4) is 6.07 Å². The molecule has 16 heavy (non-hydrogen) atoms. The van der Waals surface area contributed by atoms with Crippen LogP contribution in [0.3, 0.4) is 0 Å². The summed E-state index contributed by atoms with van der Waals surface area (Å²) in [6.07, 6.45) is 1.61. The van der Waals surface area contributed by atoms with Crippen LogP contribution in [0.4, 0.5) is 0 Å². The molecule has 5 nitrogen and oxygen atoms in total. The maximum absolute atomic E-state index is 11.8. The third kappa shape index (κ3) is 1.82. The molecule has 1 aliphatic heterocycles. The van der Waals surface area contributed by atoms with Gasteiger partial charge >= 0.3 is 0 Å². The highest BCUT2D eigenvalue weighted by atomic mass is 16.2. The van der Waals surface area contributed by atoms with E-state index in [4.69, 9.17) is 5.26 Å². The van der Waals surface area contributed by atoms with Crippen LogP contribution in [0.1, 0.15) is 6.92 Å². The zero-order valence-electron chi connectivity index (χ0n) is 9.74. The summed E-state index contributed by atoms with van der Waals surface area (Å²) < 4.78 is 0. The number of carbonyl (C=O) groups is 2. The summed E-state index contributed by atoms with van der Waals surface area (Å²) in [4.78, 5) is 26.1. The Kier molecular flexibility index (Phi) is 3.14. The number of rotatable bonds is 1. The Balaban J connectivity index is 3.41. The van der Waals surface area contributed by atoms with E-state index in [-0.39, 0.29) is 11.5 Å². The number of carbonyl (C=O) groups excluding carboxylic acids is 2. The van der Waals surface area contributed by atoms with Gasteiger partial charge in [0, 0.05) is 27.3 Å². The summed E-state index contributed by atoms with van der Waals surface area (Å²) in [5, 5.41) is 8.88. The molecule has 1 rings (SSSR count). The third-order valence-corrected chi connectivity index (χ3v) is 2.33. The Morgan fingerprint density at radius 1 is 1.31 bits per heavy atom. The second-order valence-electron chi connectivity index (χ2n) is 3.79. The minimum absolute atomic E-state index is 0.0233. The molecule has 2 amide bonds. The Morgan fingerprint density at radius 3 is 2.31 bits per heavy atom. The van der Waals surface area contributed by atoms with Gasteiger partial charge in [-0.15, -0.1) is 0 Å². The highest BCUT2D eigenvalue weighted by Crippen LogP contribution is 2.23. The van der Waals surface area contributed by atoms with Gasteiger partial charge in [0.2, 0.25) is 0 Å². The second kappa shape index (κ2) is 4.19. The van der Waals surface area contributed by atoms with Crippen molar-refractivity contribution in [2.75, 3.05) is 21.1 Å². The normalized spacial score (nSPS) is 19.2. The van der Waals surface area contributed by atoms with Crippen LogP contribution < -0.4 is 0 Å². The lowest BCUT2D eigenvalue weighted by Gasteiger charge is -2.24. The van der Waals surface area contributed by atoms with E-state index in [1.165, 1.54) is 7.05 Å². The first-order valence-electron chi connectivity index (χ1n) is 4.72. The molecule has 84 valence electrons. The van der Waals surface area contributed by atoms with Gasteiger partial charge in [-0.3, -0.25) is 14.5 Å². The molecule has 0 saturated heterocycles. The summed E-state index contributed by atoms with van der Waals surface area (Å²) in [6.45, 7) is 1.61. The van der Waals surface area contributed by atoms with Crippen molar-refractivity contribution in [3.63, 3.8) is 0 Å². The number of imide groups is 1. The molecule has 0 spiro atoms. The van der Waals surface area contributed by atoms with E-state index in [2.05, 4.69) is 0 Å². The van der Waals surface area contributed by atoms with Crippen molar-refractivity contribution in [2.45, 2.75) is 6.92 Å². The lowest BCUT2D eigenvalue weighted by molar-refractivity contribution is -0.138. The van der Waals surface area contributed by atoms with Crippen molar-refractivity contribution >= 4 is 11.8 Å². The predicted molar refractivity (Wildman–Crippen MR) is 57.9 cm³/mol. The van der Waals surface area contributed by atoms with Crippen molar-refractivity contribution in [3.05, 3.63) is 22.9 Å². The standard InChI is InChI=1S/C11H13N3O2/c1-7-8(5-12)10(15)14(4)11(16)9(7)6-13(2)3/h6H,1-4H3/b9-6+. The Bertz CT molecular complexity index is 452. The fourth-order valence-electron chi connectivity index (χ4n) is 1.44. The average Bonchev–Trinajstić information content (AvgIpc) is 2.22. The molecule has 0 aromatic heterocycles. The smallest absolute Gasteiger partial charge is 0.271 e. The van der Waals surface area contributed by atoms with Crippen LogP contribution in [0, 0.1) is 11.3 Å². The highest BCUT2D eigenvalue weighted by Gasteiger charge is 2.32. The minimum Gasteiger partial charge on any atom is -0.383 e. The number of likely N-dealkylation sites (N-methyl/N-ethyl adjacent to an activating group) is 1. The zero-order valence-corrected chi connectivity index (χ0v) is 9.74. The Hall–Kier alpha value is -2.09. The van der Waals surface area contributed by atoms with Crippen LogP contribution >= 0.6 is 0 Å². The molecule has 0 N–H and O–H groups in total. The fraction of sp³-hybridized carbons (Fsp3) is 0.364. The monoisotopic (exact) mass is 219 g/mol. The zero-order chi connectivity index (χ0) is 12.5. The molecular weight excluding hydrogens is 206 g/mol. The van der Waals surface area contributed by atoms with Gasteiger partial charge in [-0.2, -0.15) is 5.26 Å². The fourth-order valence-corrected chi connectivity index (χ4v) is 1.44.